The molecule has 1 unspecified atom stereocenters. The number of hydrogen-bond donors (Lipinski definition) is 0. The molecule has 4 aromatic rings. The van der Waals surface area contributed by atoms with Crippen LogP contribution in [0.5, 0.6) is 0 Å². The lowest BCUT2D eigenvalue weighted by atomic mass is 10.1. The molecule has 0 bridgehead atoms. The van der Waals surface area contributed by atoms with Crippen LogP contribution in [0.15, 0.2) is 76.1 Å². The number of carbonyl (C=O) groups excluding carboxylic acids is 1. The molecule has 0 aliphatic rings. The van der Waals surface area contributed by atoms with Gasteiger partial charge in [-0.3, -0.25) is 14.2 Å². The number of para-hydroxylation sites is 1. The van der Waals surface area contributed by atoms with Crippen molar-refractivity contribution in [2.75, 3.05) is 0 Å². The Balaban J connectivity index is 1.91. The highest BCUT2D eigenvalue weighted by molar-refractivity contribution is 5.79. The fourth-order valence-electron chi connectivity index (χ4n) is 3.96. The van der Waals surface area contributed by atoms with E-state index < -0.39 is 6.04 Å². The maximum Gasteiger partial charge on any atom is 0.266 e. The van der Waals surface area contributed by atoms with Crippen LogP contribution < -0.4 is 5.56 Å². The Bertz CT molecular complexity index is 1290. The molecule has 0 saturated carbocycles. The molecule has 6 heteroatoms. The van der Waals surface area contributed by atoms with E-state index in [0.717, 1.165) is 17.7 Å². The van der Waals surface area contributed by atoms with Crippen molar-refractivity contribution in [2.45, 2.75) is 46.2 Å². The number of nitrogens with zero attached hydrogens (tertiary/aromatic N) is 3. The van der Waals surface area contributed by atoms with E-state index in [1.807, 2.05) is 69.3 Å². The molecular formula is C26H27N3O3. The summed E-state index contributed by atoms with van der Waals surface area (Å²) in [6, 6.07) is 18.3. The number of hydrogen-bond acceptors (Lipinski definition) is 4. The summed E-state index contributed by atoms with van der Waals surface area (Å²) in [5.74, 6) is 1.21. The predicted octanol–water partition coefficient (Wildman–Crippen LogP) is 5.18. The molecule has 0 saturated heterocycles. The molecule has 0 spiro atoms. The minimum absolute atomic E-state index is 0.00500. The molecule has 4 rings (SSSR count). The smallest absolute Gasteiger partial charge is 0.266 e. The van der Waals surface area contributed by atoms with Gasteiger partial charge in [-0.2, -0.15) is 0 Å². The first-order valence-electron chi connectivity index (χ1n) is 10.9. The summed E-state index contributed by atoms with van der Waals surface area (Å²) in [6.07, 6.45) is 2.74. The Hall–Kier alpha value is -3.67. The summed E-state index contributed by atoms with van der Waals surface area (Å²) in [4.78, 5) is 33.3. The molecule has 1 amide bonds. The van der Waals surface area contributed by atoms with Crippen LogP contribution in [0.3, 0.4) is 0 Å². The van der Waals surface area contributed by atoms with Gasteiger partial charge in [-0.25, -0.2) is 4.98 Å². The molecule has 32 heavy (non-hydrogen) atoms. The number of rotatable bonds is 7. The maximum absolute atomic E-state index is 13.6. The molecule has 1 atom stereocenters. The third-order valence-electron chi connectivity index (χ3n) is 5.59. The molecule has 0 aliphatic carbocycles. The van der Waals surface area contributed by atoms with E-state index in [9.17, 15) is 9.59 Å². The number of fused-ring (bicyclic) bond motifs is 1. The van der Waals surface area contributed by atoms with E-state index in [2.05, 4.69) is 0 Å². The van der Waals surface area contributed by atoms with Gasteiger partial charge in [0.2, 0.25) is 5.91 Å². The second-order valence-corrected chi connectivity index (χ2v) is 7.99. The average Bonchev–Trinajstić information content (AvgIpc) is 3.30. The first-order valence-corrected chi connectivity index (χ1v) is 10.9. The lowest BCUT2D eigenvalue weighted by Crippen LogP contribution is -2.37. The van der Waals surface area contributed by atoms with Crippen LogP contribution in [-0.2, 0) is 11.3 Å². The van der Waals surface area contributed by atoms with Gasteiger partial charge in [0.1, 0.15) is 11.6 Å². The summed E-state index contributed by atoms with van der Waals surface area (Å²) < 4.78 is 7.15. The third-order valence-corrected chi connectivity index (χ3v) is 5.59. The number of carbonyl (C=O) groups is 1. The van der Waals surface area contributed by atoms with Crippen LogP contribution in [-0.4, -0.2) is 20.4 Å². The Labute approximate surface area is 187 Å². The van der Waals surface area contributed by atoms with E-state index in [-0.39, 0.29) is 11.5 Å². The second-order valence-electron chi connectivity index (χ2n) is 7.99. The van der Waals surface area contributed by atoms with E-state index in [1.165, 1.54) is 0 Å². The number of furan rings is 1. The molecule has 2 aromatic carbocycles. The maximum atomic E-state index is 13.6. The average molecular weight is 430 g/mol. The van der Waals surface area contributed by atoms with Crippen molar-refractivity contribution < 1.29 is 9.21 Å². The highest BCUT2D eigenvalue weighted by atomic mass is 16.3. The van der Waals surface area contributed by atoms with Crippen molar-refractivity contribution in [1.29, 1.82) is 0 Å². The van der Waals surface area contributed by atoms with E-state index in [0.29, 0.717) is 35.5 Å². The summed E-state index contributed by atoms with van der Waals surface area (Å²) in [6.45, 7) is 6.19. The first-order chi connectivity index (χ1) is 15.5. The summed E-state index contributed by atoms with van der Waals surface area (Å²) in [7, 11) is 0. The van der Waals surface area contributed by atoms with Crippen LogP contribution in [0.2, 0.25) is 0 Å². The highest BCUT2D eigenvalue weighted by Crippen LogP contribution is 2.26. The van der Waals surface area contributed by atoms with Crippen molar-refractivity contribution in [1.82, 2.24) is 14.5 Å². The second kappa shape index (κ2) is 9.22. The molecule has 0 fully saturated rings. The minimum Gasteiger partial charge on any atom is -0.467 e. The van der Waals surface area contributed by atoms with Crippen LogP contribution in [0.25, 0.3) is 16.6 Å². The van der Waals surface area contributed by atoms with Gasteiger partial charge in [0, 0.05) is 6.42 Å². The van der Waals surface area contributed by atoms with Crippen LogP contribution in [0.4, 0.5) is 0 Å². The number of aromatic nitrogens is 2. The predicted molar refractivity (Wildman–Crippen MR) is 125 cm³/mol. The summed E-state index contributed by atoms with van der Waals surface area (Å²) >= 11 is 0. The molecule has 0 aliphatic heterocycles. The van der Waals surface area contributed by atoms with Crippen molar-refractivity contribution in [3.05, 3.63) is 94.4 Å². The summed E-state index contributed by atoms with van der Waals surface area (Å²) in [5, 5.41) is 0.544. The molecule has 2 heterocycles. The lowest BCUT2D eigenvalue weighted by molar-refractivity contribution is -0.134. The Morgan fingerprint density at radius 1 is 1.12 bits per heavy atom. The Morgan fingerprint density at radius 3 is 2.66 bits per heavy atom. The van der Waals surface area contributed by atoms with Crippen molar-refractivity contribution in [2.24, 2.45) is 0 Å². The zero-order valence-electron chi connectivity index (χ0n) is 18.6. The fourth-order valence-corrected chi connectivity index (χ4v) is 3.96. The number of aryl methyl sites for hydroxylation is 1. The van der Waals surface area contributed by atoms with Crippen LogP contribution in [0.1, 0.15) is 49.9 Å². The third kappa shape index (κ3) is 4.21. The van der Waals surface area contributed by atoms with E-state index in [4.69, 9.17) is 9.40 Å². The van der Waals surface area contributed by atoms with E-state index >= 15 is 0 Å². The zero-order chi connectivity index (χ0) is 22.7. The minimum atomic E-state index is -0.447. The molecule has 6 nitrogen and oxygen atoms in total. The highest BCUT2D eigenvalue weighted by Gasteiger charge is 2.27. The normalized spacial score (nSPS) is 12.1. The van der Waals surface area contributed by atoms with Gasteiger partial charge in [-0.1, -0.05) is 31.2 Å². The van der Waals surface area contributed by atoms with E-state index in [1.54, 1.807) is 27.9 Å². The molecule has 2 aromatic heterocycles. The molecule has 164 valence electrons. The topological polar surface area (TPSA) is 68.3 Å². The van der Waals surface area contributed by atoms with Gasteiger partial charge in [0.25, 0.3) is 5.56 Å². The van der Waals surface area contributed by atoms with Gasteiger partial charge in [-0.15, -0.1) is 0 Å². The number of amides is 1. The Kier molecular flexibility index (Phi) is 6.21. The zero-order valence-corrected chi connectivity index (χ0v) is 18.6. The van der Waals surface area contributed by atoms with Crippen LogP contribution in [0, 0.1) is 6.92 Å². The standard InChI is InChI=1S/C26H27N3O3/c1-4-9-24(30)28(17-21-12-8-15-32-21)19(3)25-27-23-14-6-5-13-22(23)26(31)29(25)20-11-7-10-18(2)16-20/h5-8,10-16,19H,4,9,17H2,1-3H3. The van der Waals surface area contributed by atoms with Crippen molar-refractivity contribution >= 4 is 16.8 Å². The molecule has 0 N–H and O–H groups in total. The number of benzene rings is 2. The van der Waals surface area contributed by atoms with Gasteiger partial charge < -0.3 is 9.32 Å². The quantitative estimate of drug-likeness (QED) is 0.406. The van der Waals surface area contributed by atoms with Gasteiger partial charge in [0.15, 0.2) is 0 Å². The summed E-state index contributed by atoms with van der Waals surface area (Å²) in [5.41, 5.74) is 2.24. The van der Waals surface area contributed by atoms with Gasteiger partial charge in [0.05, 0.1) is 35.4 Å². The van der Waals surface area contributed by atoms with Gasteiger partial charge >= 0.3 is 0 Å². The molecule has 0 radical (unpaired) electrons. The van der Waals surface area contributed by atoms with Gasteiger partial charge in [-0.05, 0) is 62.2 Å². The van der Waals surface area contributed by atoms with Crippen molar-refractivity contribution in [3.8, 4) is 5.69 Å². The monoisotopic (exact) mass is 429 g/mol. The molecular weight excluding hydrogens is 402 g/mol. The largest absolute Gasteiger partial charge is 0.467 e. The fraction of sp³-hybridized carbons (Fsp3) is 0.269. The van der Waals surface area contributed by atoms with Crippen LogP contribution >= 0.6 is 0 Å². The lowest BCUT2D eigenvalue weighted by Gasteiger charge is -2.30. The first kappa shape index (κ1) is 21.6. The Morgan fingerprint density at radius 2 is 1.94 bits per heavy atom. The van der Waals surface area contributed by atoms with Crippen molar-refractivity contribution in [3.63, 3.8) is 0 Å². The SMILES string of the molecule is CCCC(=O)N(Cc1ccco1)C(C)c1nc2ccccc2c(=O)n1-c1cccc(C)c1.